The van der Waals surface area contributed by atoms with Crippen LogP contribution in [0.15, 0.2) is 18.3 Å². The van der Waals surface area contributed by atoms with Crippen molar-refractivity contribution in [3.05, 3.63) is 38.9 Å². The van der Waals surface area contributed by atoms with Gasteiger partial charge >= 0.3 is 0 Å². The lowest BCUT2D eigenvalue weighted by atomic mass is 10.0. The van der Waals surface area contributed by atoms with Gasteiger partial charge in [-0.05, 0) is 72.4 Å². The molecule has 1 fully saturated rings. The summed E-state index contributed by atoms with van der Waals surface area (Å²) in [4.78, 5) is 4.75. The Labute approximate surface area is 161 Å². The third-order valence-corrected chi connectivity index (χ3v) is 6.09. The Bertz CT molecular complexity index is 794. The fraction of sp³-hybridized carbons (Fsp3) is 0.526. The highest BCUT2D eigenvalue weighted by atomic mass is 127. The molecule has 0 saturated carbocycles. The highest BCUT2D eigenvalue weighted by Gasteiger charge is 2.18. The Morgan fingerprint density at radius 2 is 2.28 bits per heavy atom. The van der Waals surface area contributed by atoms with E-state index in [1.807, 2.05) is 0 Å². The van der Waals surface area contributed by atoms with Gasteiger partial charge in [0, 0.05) is 18.4 Å². The van der Waals surface area contributed by atoms with Crippen molar-refractivity contribution in [3.8, 4) is 0 Å². The highest BCUT2D eigenvalue weighted by molar-refractivity contribution is 14.1. The summed E-state index contributed by atoms with van der Waals surface area (Å²) in [6, 6.07) is 2.22. The van der Waals surface area contributed by atoms with Crippen molar-refractivity contribution in [3.63, 3.8) is 0 Å². The molecule has 2 aliphatic rings. The lowest BCUT2D eigenvalue weighted by Crippen LogP contribution is -2.22. The second-order valence-corrected chi connectivity index (χ2v) is 7.62. The van der Waals surface area contributed by atoms with E-state index in [1.165, 1.54) is 17.6 Å². The van der Waals surface area contributed by atoms with Gasteiger partial charge in [-0.25, -0.2) is 4.98 Å². The molecule has 2 aromatic heterocycles. The largest absolute Gasteiger partial charge is 0.377 e. The number of aromatic nitrogens is 2. The third kappa shape index (κ3) is 3.77. The van der Waals surface area contributed by atoms with Gasteiger partial charge in [0.05, 0.1) is 25.5 Å². The molecule has 0 spiro atoms. The lowest BCUT2D eigenvalue weighted by Gasteiger charge is -2.23. The van der Waals surface area contributed by atoms with E-state index in [0.29, 0.717) is 13.2 Å². The number of aryl methyl sites for hydroxylation is 1. The van der Waals surface area contributed by atoms with E-state index < -0.39 is 0 Å². The van der Waals surface area contributed by atoms with Crippen LogP contribution in [0.3, 0.4) is 0 Å². The predicted octanol–water partition coefficient (Wildman–Crippen LogP) is 4.09. The minimum Gasteiger partial charge on any atom is -0.377 e. The topological polar surface area (TPSA) is 45.0 Å². The number of halogens is 1. The van der Waals surface area contributed by atoms with Crippen LogP contribution in [0.2, 0.25) is 0 Å². The SMILES string of the molecule is Cc1nc2c(COC3CCCCO3)cc(C3=CCOCC3)cn2c1I. The Morgan fingerprint density at radius 1 is 1.36 bits per heavy atom. The number of imidazole rings is 1. The lowest BCUT2D eigenvalue weighted by molar-refractivity contribution is -0.168. The predicted molar refractivity (Wildman–Crippen MR) is 104 cm³/mol. The van der Waals surface area contributed by atoms with Crippen LogP contribution in [0.1, 0.15) is 42.5 Å². The summed E-state index contributed by atoms with van der Waals surface area (Å²) >= 11 is 2.36. The molecule has 0 radical (unpaired) electrons. The monoisotopic (exact) mass is 454 g/mol. The maximum Gasteiger partial charge on any atom is 0.158 e. The molecule has 134 valence electrons. The minimum absolute atomic E-state index is 0.0881. The molecular formula is C19H23IN2O3. The zero-order valence-corrected chi connectivity index (χ0v) is 16.6. The van der Waals surface area contributed by atoms with Gasteiger partial charge < -0.3 is 14.2 Å². The van der Waals surface area contributed by atoms with Crippen LogP contribution in [0.4, 0.5) is 0 Å². The van der Waals surface area contributed by atoms with Gasteiger partial charge in [-0.1, -0.05) is 6.08 Å². The summed E-state index contributed by atoms with van der Waals surface area (Å²) in [7, 11) is 0. The van der Waals surface area contributed by atoms with Crippen molar-refractivity contribution in [1.29, 1.82) is 0 Å². The van der Waals surface area contributed by atoms with Crippen molar-refractivity contribution in [2.24, 2.45) is 0 Å². The molecule has 0 aliphatic carbocycles. The molecule has 0 bridgehead atoms. The van der Waals surface area contributed by atoms with E-state index in [4.69, 9.17) is 19.2 Å². The van der Waals surface area contributed by atoms with Crippen LogP contribution in [0.5, 0.6) is 0 Å². The van der Waals surface area contributed by atoms with Gasteiger partial charge in [0.25, 0.3) is 0 Å². The Kier molecular flexibility index (Phi) is 5.40. The first-order valence-corrected chi connectivity index (χ1v) is 9.97. The van der Waals surface area contributed by atoms with Crippen molar-refractivity contribution < 1.29 is 14.2 Å². The number of fused-ring (bicyclic) bond motifs is 1. The van der Waals surface area contributed by atoms with E-state index >= 15 is 0 Å². The number of ether oxygens (including phenoxy) is 3. The minimum atomic E-state index is -0.0881. The standard InChI is InChI=1S/C19H23IN2O3/c1-13-18(20)22-11-15(14-5-8-23-9-6-14)10-16(19(22)21-13)12-25-17-4-2-3-7-24-17/h5,10-11,17H,2-4,6-9,12H2,1H3. The fourth-order valence-corrected chi connectivity index (χ4v) is 3.88. The van der Waals surface area contributed by atoms with Crippen LogP contribution >= 0.6 is 22.6 Å². The molecule has 0 amide bonds. The molecule has 6 heteroatoms. The summed E-state index contributed by atoms with van der Waals surface area (Å²) in [5.41, 5.74) is 5.72. The Balaban J connectivity index is 1.67. The molecule has 4 heterocycles. The Hall–Kier alpha value is -0.960. The van der Waals surface area contributed by atoms with E-state index in [-0.39, 0.29) is 6.29 Å². The molecule has 25 heavy (non-hydrogen) atoms. The number of hydrogen-bond donors (Lipinski definition) is 0. The van der Waals surface area contributed by atoms with Gasteiger partial charge in [-0.2, -0.15) is 0 Å². The summed E-state index contributed by atoms with van der Waals surface area (Å²) in [5.74, 6) is 0. The smallest absolute Gasteiger partial charge is 0.158 e. The first-order chi connectivity index (χ1) is 12.2. The van der Waals surface area contributed by atoms with Gasteiger partial charge in [0.15, 0.2) is 6.29 Å². The van der Waals surface area contributed by atoms with Crippen molar-refractivity contribution >= 4 is 33.8 Å². The van der Waals surface area contributed by atoms with Crippen LogP contribution in [-0.2, 0) is 20.8 Å². The van der Waals surface area contributed by atoms with Crippen LogP contribution in [-0.4, -0.2) is 35.5 Å². The van der Waals surface area contributed by atoms with Gasteiger partial charge in [0.2, 0.25) is 0 Å². The molecular weight excluding hydrogens is 431 g/mol. The summed E-state index contributed by atoms with van der Waals surface area (Å²) in [6.45, 7) is 4.85. The molecule has 2 aliphatic heterocycles. The van der Waals surface area contributed by atoms with Crippen molar-refractivity contribution in [2.45, 2.75) is 45.5 Å². The highest BCUT2D eigenvalue weighted by Crippen LogP contribution is 2.27. The quantitative estimate of drug-likeness (QED) is 0.653. The second-order valence-electron chi connectivity index (χ2n) is 6.60. The molecule has 2 aromatic rings. The number of nitrogens with zero attached hydrogens (tertiary/aromatic N) is 2. The number of rotatable bonds is 4. The van der Waals surface area contributed by atoms with E-state index in [2.05, 4.69) is 52.3 Å². The average Bonchev–Trinajstić information content (AvgIpc) is 2.96. The van der Waals surface area contributed by atoms with Crippen LogP contribution in [0.25, 0.3) is 11.2 Å². The third-order valence-electron chi connectivity index (χ3n) is 4.79. The maximum atomic E-state index is 6.05. The molecule has 1 unspecified atom stereocenters. The molecule has 5 nitrogen and oxygen atoms in total. The first-order valence-electron chi connectivity index (χ1n) is 8.90. The normalized spacial score (nSPS) is 21.5. The summed E-state index contributed by atoms with van der Waals surface area (Å²) < 4.78 is 20.5. The fourth-order valence-electron chi connectivity index (χ4n) is 3.40. The average molecular weight is 454 g/mol. The summed E-state index contributed by atoms with van der Waals surface area (Å²) in [6.07, 6.45) is 8.51. The summed E-state index contributed by atoms with van der Waals surface area (Å²) in [5, 5.41) is 0. The van der Waals surface area contributed by atoms with Crippen LogP contribution < -0.4 is 0 Å². The van der Waals surface area contributed by atoms with E-state index in [0.717, 1.165) is 53.1 Å². The zero-order valence-electron chi connectivity index (χ0n) is 14.5. The van der Waals surface area contributed by atoms with Gasteiger partial charge in [-0.3, -0.25) is 4.40 Å². The molecule has 1 atom stereocenters. The van der Waals surface area contributed by atoms with E-state index in [9.17, 15) is 0 Å². The molecule has 4 rings (SSSR count). The van der Waals surface area contributed by atoms with Gasteiger partial charge in [-0.15, -0.1) is 0 Å². The number of hydrogen-bond acceptors (Lipinski definition) is 4. The maximum absolute atomic E-state index is 6.05. The molecule has 0 N–H and O–H groups in total. The van der Waals surface area contributed by atoms with Crippen LogP contribution in [0, 0.1) is 10.6 Å². The van der Waals surface area contributed by atoms with Crippen molar-refractivity contribution in [1.82, 2.24) is 9.38 Å². The molecule has 0 aromatic carbocycles. The van der Waals surface area contributed by atoms with Crippen molar-refractivity contribution in [2.75, 3.05) is 19.8 Å². The second kappa shape index (κ2) is 7.73. The molecule has 1 saturated heterocycles. The van der Waals surface area contributed by atoms with Gasteiger partial charge in [0.1, 0.15) is 9.35 Å². The number of pyridine rings is 1. The zero-order chi connectivity index (χ0) is 17.2. The first kappa shape index (κ1) is 17.5. The Morgan fingerprint density at radius 3 is 3.04 bits per heavy atom. The van der Waals surface area contributed by atoms with E-state index in [1.54, 1.807) is 0 Å².